The predicted molar refractivity (Wildman–Crippen MR) is 71.3 cm³/mol. The van der Waals surface area contributed by atoms with Crippen molar-refractivity contribution in [2.45, 2.75) is 24.6 Å². The van der Waals surface area contributed by atoms with Gasteiger partial charge in [-0.15, -0.1) is 0 Å². The van der Waals surface area contributed by atoms with Crippen LogP contribution in [0.5, 0.6) is 0 Å². The quantitative estimate of drug-likeness (QED) is 0.752. The largest absolute Gasteiger partial charge is 0.431 e. The maximum absolute atomic E-state index is 13.5. The molecule has 3 N–H and O–H groups in total. The number of rotatable bonds is 1. The number of halogens is 7. The number of alkyl halides is 5. The van der Waals surface area contributed by atoms with Gasteiger partial charge in [0.15, 0.2) is 0 Å². The Morgan fingerprint density at radius 2 is 1.96 bits per heavy atom. The Morgan fingerprint density at radius 3 is 2.48 bits per heavy atom. The minimum atomic E-state index is -5.12. The highest BCUT2D eigenvalue weighted by Gasteiger charge is 2.53. The molecule has 1 fully saturated rings. The highest BCUT2D eigenvalue weighted by Crippen LogP contribution is 2.41. The summed E-state index contributed by atoms with van der Waals surface area (Å²) in [6.07, 6.45) is -9.13. The third-order valence-corrected chi connectivity index (χ3v) is 3.46. The summed E-state index contributed by atoms with van der Waals surface area (Å²) in [6, 6.07) is 2.96. The van der Waals surface area contributed by atoms with Crippen molar-refractivity contribution in [2.75, 3.05) is 0 Å². The van der Waals surface area contributed by atoms with E-state index in [4.69, 9.17) is 17.3 Å². The van der Waals surface area contributed by atoms with E-state index in [0.717, 1.165) is 18.2 Å². The molecule has 1 aliphatic carbocycles. The lowest BCUT2D eigenvalue weighted by Gasteiger charge is -2.16. The highest BCUT2D eigenvalue weighted by atomic mass is 35.5. The summed E-state index contributed by atoms with van der Waals surface area (Å²) in [5, 5.41) is 9.17. The van der Waals surface area contributed by atoms with Gasteiger partial charge in [0.05, 0.1) is 22.8 Å². The molecule has 0 spiro atoms. The topological polar surface area (TPSA) is 58.6 Å². The van der Waals surface area contributed by atoms with Crippen molar-refractivity contribution >= 4 is 23.0 Å². The molecular weight excluding hydrogens is 350 g/mol. The number of aliphatic hydroxyl groups is 1. The lowest BCUT2D eigenvalue weighted by Crippen LogP contribution is -2.32. The van der Waals surface area contributed by atoms with E-state index in [1.807, 2.05) is 0 Å². The van der Waals surface area contributed by atoms with Crippen molar-refractivity contribution < 1.29 is 31.4 Å². The number of aliphatic imine (C=N–C) groups is 1. The first-order valence-electron chi connectivity index (χ1n) is 6.09. The zero-order chi connectivity index (χ0) is 17.6. The Kier molecular flexibility index (Phi) is 4.38. The molecule has 0 unspecified atom stereocenters. The van der Waals surface area contributed by atoms with Crippen LogP contribution in [0.4, 0.5) is 32.0 Å². The zero-order valence-corrected chi connectivity index (χ0v) is 11.9. The molecule has 0 heterocycles. The Morgan fingerprint density at radius 1 is 1.35 bits per heavy atom. The van der Waals surface area contributed by atoms with E-state index >= 15 is 0 Å². The van der Waals surface area contributed by atoms with Crippen molar-refractivity contribution in [2.24, 2.45) is 10.7 Å². The minimum Gasteiger partial charge on any atom is -0.394 e. The average Bonchev–Trinajstić information content (AvgIpc) is 2.62. The van der Waals surface area contributed by atoms with Crippen LogP contribution in [0.3, 0.4) is 0 Å². The van der Waals surface area contributed by atoms with Gasteiger partial charge in [0.1, 0.15) is 17.6 Å². The van der Waals surface area contributed by atoms with Crippen molar-refractivity contribution in [3.8, 4) is 0 Å². The zero-order valence-electron chi connectivity index (χ0n) is 11.1. The molecule has 10 heteroatoms. The fourth-order valence-corrected chi connectivity index (χ4v) is 2.17. The molecule has 2 rings (SSSR count). The van der Waals surface area contributed by atoms with E-state index in [0.29, 0.717) is 0 Å². The molecule has 1 aromatic rings. The fourth-order valence-electron chi connectivity index (χ4n) is 2.05. The molecule has 1 aliphatic rings. The number of aliphatic hydroxyl groups excluding tert-OH is 1. The van der Waals surface area contributed by atoms with Gasteiger partial charge in [-0.3, -0.25) is 4.99 Å². The fraction of sp³-hybridized carbons (Fsp3) is 0.308. The molecule has 0 aliphatic heterocycles. The number of nitrogens with two attached hydrogens (primary N) is 1. The van der Waals surface area contributed by atoms with Crippen LogP contribution in [-0.4, -0.2) is 29.0 Å². The highest BCUT2D eigenvalue weighted by molar-refractivity contribution is 6.30. The maximum atomic E-state index is 13.5. The van der Waals surface area contributed by atoms with E-state index in [1.165, 1.54) is 0 Å². The Bertz CT molecular complexity index is 698. The minimum absolute atomic E-state index is 0.237. The van der Waals surface area contributed by atoms with Gasteiger partial charge in [0.25, 0.3) is 5.92 Å². The number of nitrogens with zero attached hydrogens (tertiary/aromatic N) is 1. The van der Waals surface area contributed by atoms with Crippen molar-refractivity contribution in [1.82, 2.24) is 0 Å². The van der Waals surface area contributed by atoms with E-state index in [1.54, 1.807) is 0 Å². The molecule has 0 radical (unpaired) electrons. The lowest BCUT2D eigenvalue weighted by atomic mass is 10.1. The molecule has 23 heavy (non-hydrogen) atoms. The van der Waals surface area contributed by atoms with Gasteiger partial charge in [-0.1, -0.05) is 11.6 Å². The summed E-state index contributed by atoms with van der Waals surface area (Å²) >= 11 is 5.44. The molecule has 0 bridgehead atoms. The van der Waals surface area contributed by atoms with Crippen LogP contribution >= 0.6 is 11.6 Å². The van der Waals surface area contributed by atoms with Gasteiger partial charge in [-0.05, 0) is 12.1 Å². The van der Waals surface area contributed by atoms with Gasteiger partial charge < -0.3 is 10.8 Å². The second-order valence-electron chi connectivity index (χ2n) is 4.82. The third kappa shape index (κ3) is 3.45. The summed E-state index contributed by atoms with van der Waals surface area (Å²) in [7, 11) is 0. The first-order chi connectivity index (χ1) is 10.4. The normalized spacial score (nSPS) is 25.0. The van der Waals surface area contributed by atoms with E-state index in [9.17, 15) is 31.4 Å². The first kappa shape index (κ1) is 17.6. The second-order valence-corrected chi connectivity index (χ2v) is 5.23. The van der Waals surface area contributed by atoms with Crippen molar-refractivity contribution in [3.05, 3.63) is 40.3 Å². The second kappa shape index (κ2) is 5.72. The smallest absolute Gasteiger partial charge is 0.394 e. The van der Waals surface area contributed by atoms with E-state index < -0.39 is 47.4 Å². The number of hydrogen-bond acceptors (Lipinski definition) is 3. The van der Waals surface area contributed by atoms with Crippen LogP contribution in [0.2, 0.25) is 5.02 Å². The standard InChI is InChI=1S/C13H9ClF6N2O/c14-6-2-1-5(3-7(6)15)22-8-4-12(16,17)11(23)9(8)10(21)13(18,19)20/h1-3,11,23H,4,21H2/b10-9+,22-8?/t11-/m0/s1. The van der Waals surface area contributed by atoms with Crippen LogP contribution in [0.15, 0.2) is 34.5 Å². The summed E-state index contributed by atoms with van der Waals surface area (Å²) in [5.41, 5.74) is 0.774. The van der Waals surface area contributed by atoms with Crippen LogP contribution in [0, 0.1) is 5.82 Å². The molecular formula is C13H9ClF6N2O. The average molecular weight is 359 g/mol. The predicted octanol–water partition coefficient (Wildman–Crippen LogP) is 3.73. The van der Waals surface area contributed by atoms with Gasteiger partial charge in [0, 0.05) is 11.6 Å². The van der Waals surface area contributed by atoms with Crippen LogP contribution in [-0.2, 0) is 0 Å². The molecule has 1 saturated carbocycles. The molecule has 1 aromatic carbocycles. The summed E-state index contributed by atoms with van der Waals surface area (Å²) in [6.45, 7) is 0. The first-order valence-corrected chi connectivity index (χ1v) is 6.47. The summed E-state index contributed by atoms with van der Waals surface area (Å²) in [4.78, 5) is 3.56. The van der Waals surface area contributed by atoms with Gasteiger partial charge in [-0.2, -0.15) is 13.2 Å². The lowest BCUT2D eigenvalue weighted by molar-refractivity contribution is -0.0985. The third-order valence-electron chi connectivity index (χ3n) is 3.15. The number of allylic oxidation sites excluding steroid dienone is 1. The monoisotopic (exact) mass is 358 g/mol. The maximum Gasteiger partial charge on any atom is 0.431 e. The Balaban J connectivity index is 2.58. The summed E-state index contributed by atoms with van der Waals surface area (Å²) in [5.74, 6) is -4.79. The van der Waals surface area contributed by atoms with Gasteiger partial charge in [-0.25, -0.2) is 13.2 Å². The molecule has 0 saturated heterocycles. The van der Waals surface area contributed by atoms with E-state index in [-0.39, 0.29) is 10.7 Å². The van der Waals surface area contributed by atoms with E-state index in [2.05, 4.69) is 4.99 Å². The molecule has 0 aromatic heterocycles. The van der Waals surface area contributed by atoms with Crippen LogP contribution in [0.25, 0.3) is 0 Å². The van der Waals surface area contributed by atoms with Gasteiger partial charge >= 0.3 is 6.18 Å². The number of benzene rings is 1. The molecule has 126 valence electrons. The Labute approximate surface area is 131 Å². The molecule has 0 amide bonds. The summed E-state index contributed by atoms with van der Waals surface area (Å²) < 4.78 is 78.5. The van der Waals surface area contributed by atoms with Gasteiger partial charge in [0.2, 0.25) is 0 Å². The molecule has 3 nitrogen and oxygen atoms in total. The van der Waals surface area contributed by atoms with Crippen molar-refractivity contribution in [1.29, 1.82) is 0 Å². The van der Waals surface area contributed by atoms with Crippen LogP contribution in [0.1, 0.15) is 6.42 Å². The SMILES string of the molecule is N/C(=C1\C(=Nc2ccc(Cl)c(F)c2)CC(F)(F)[C@H]1O)C(F)(F)F. The van der Waals surface area contributed by atoms with Crippen LogP contribution < -0.4 is 5.73 Å². The number of hydrogen-bond donors (Lipinski definition) is 2. The molecule has 1 atom stereocenters. The van der Waals surface area contributed by atoms with Crippen molar-refractivity contribution in [3.63, 3.8) is 0 Å². The Hall–Kier alpha value is -1.74.